The predicted molar refractivity (Wildman–Crippen MR) is 79.4 cm³/mol. The standard InChI is InChI=1S/C15H14BrF3N2/c16-13-7-2-1-4-10(13)9-14(21-20)11-5-3-6-12(8-11)15(17,18)19/h1-8,14,21H,9,20H2. The van der Waals surface area contributed by atoms with Crippen molar-refractivity contribution in [1.29, 1.82) is 0 Å². The normalized spacial score (nSPS) is 13.2. The molecule has 2 aromatic rings. The van der Waals surface area contributed by atoms with Crippen molar-refractivity contribution >= 4 is 15.9 Å². The van der Waals surface area contributed by atoms with Crippen LogP contribution in [0.4, 0.5) is 13.2 Å². The molecule has 0 aliphatic heterocycles. The van der Waals surface area contributed by atoms with E-state index in [1.807, 2.05) is 24.3 Å². The summed E-state index contributed by atoms with van der Waals surface area (Å²) in [7, 11) is 0. The number of benzene rings is 2. The van der Waals surface area contributed by atoms with Crippen LogP contribution in [0.5, 0.6) is 0 Å². The molecule has 2 aromatic carbocycles. The second-order valence-electron chi connectivity index (χ2n) is 4.64. The van der Waals surface area contributed by atoms with Gasteiger partial charge in [0.15, 0.2) is 0 Å². The zero-order chi connectivity index (χ0) is 15.5. The van der Waals surface area contributed by atoms with Crippen molar-refractivity contribution in [2.75, 3.05) is 0 Å². The van der Waals surface area contributed by atoms with E-state index in [0.29, 0.717) is 12.0 Å². The summed E-state index contributed by atoms with van der Waals surface area (Å²) in [5.74, 6) is 5.52. The number of alkyl halides is 3. The molecule has 0 aliphatic rings. The van der Waals surface area contributed by atoms with Crippen molar-refractivity contribution in [2.24, 2.45) is 5.84 Å². The summed E-state index contributed by atoms with van der Waals surface area (Å²) < 4.78 is 39.2. The van der Waals surface area contributed by atoms with Crippen LogP contribution in [-0.4, -0.2) is 0 Å². The molecule has 0 saturated heterocycles. The van der Waals surface area contributed by atoms with Crippen molar-refractivity contribution in [3.8, 4) is 0 Å². The first-order valence-electron chi connectivity index (χ1n) is 6.28. The van der Waals surface area contributed by atoms with Gasteiger partial charge in [0.25, 0.3) is 0 Å². The summed E-state index contributed by atoms with van der Waals surface area (Å²) in [5.41, 5.74) is 3.38. The van der Waals surface area contributed by atoms with Crippen molar-refractivity contribution in [2.45, 2.75) is 18.6 Å². The maximum atomic E-state index is 12.8. The minimum absolute atomic E-state index is 0.397. The fourth-order valence-electron chi connectivity index (χ4n) is 2.09. The Hall–Kier alpha value is -1.37. The van der Waals surface area contributed by atoms with Gasteiger partial charge in [0.05, 0.1) is 11.6 Å². The Bertz CT molecular complexity index is 614. The van der Waals surface area contributed by atoms with E-state index >= 15 is 0 Å². The molecule has 21 heavy (non-hydrogen) atoms. The van der Waals surface area contributed by atoms with Crippen LogP contribution >= 0.6 is 15.9 Å². The Morgan fingerprint density at radius 3 is 2.43 bits per heavy atom. The smallest absolute Gasteiger partial charge is 0.271 e. The lowest BCUT2D eigenvalue weighted by Gasteiger charge is -2.18. The van der Waals surface area contributed by atoms with Gasteiger partial charge in [-0.15, -0.1) is 0 Å². The molecule has 112 valence electrons. The summed E-state index contributed by atoms with van der Waals surface area (Å²) in [5, 5.41) is 0. The van der Waals surface area contributed by atoms with Crippen molar-refractivity contribution < 1.29 is 13.2 Å². The molecule has 0 fully saturated rings. The number of hydrogen-bond donors (Lipinski definition) is 2. The molecule has 2 rings (SSSR count). The summed E-state index contributed by atoms with van der Waals surface area (Å²) in [6.07, 6.45) is -3.87. The first-order chi connectivity index (χ1) is 9.91. The van der Waals surface area contributed by atoms with E-state index in [4.69, 9.17) is 5.84 Å². The zero-order valence-electron chi connectivity index (χ0n) is 11.0. The van der Waals surface area contributed by atoms with Gasteiger partial charge in [-0.2, -0.15) is 13.2 Å². The van der Waals surface area contributed by atoms with Crippen molar-refractivity contribution in [3.63, 3.8) is 0 Å². The van der Waals surface area contributed by atoms with Gasteiger partial charge in [-0.05, 0) is 35.7 Å². The van der Waals surface area contributed by atoms with Gasteiger partial charge in [0.1, 0.15) is 0 Å². The maximum Gasteiger partial charge on any atom is 0.416 e. The molecule has 0 aliphatic carbocycles. The van der Waals surface area contributed by atoms with Gasteiger partial charge >= 0.3 is 6.18 Å². The summed E-state index contributed by atoms with van der Waals surface area (Å²) >= 11 is 3.42. The SMILES string of the molecule is NNC(Cc1ccccc1Br)c1cccc(C(F)(F)F)c1. The van der Waals surface area contributed by atoms with Gasteiger partial charge in [-0.3, -0.25) is 11.3 Å². The van der Waals surface area contributed by atoms with E-state index < -0.39 is 17.8 Å². The molecular formula is C15H14BrF3N2. The average Bonchev–Trinajstić information content (AvgIpc) is 2.46. The van der Waals surface area contributed by atoms with Crippen LogP contribution in [0.1, 0.15) is 22.7 Å². The average molecular weight is 359 g/mol. The maximum absolute atomic E-state index is 12.8. The van der Waals surface area contributed by atoms with Crippen molar-refractivity contribution in [1.82, 2.24) is 5.43 Å². The Labute approximate surface area is 129 Å². The quantitative estimate of drug-likeness (QED) is 0.634. The fraction of sp³-hybridized carbons (Fsp3) is 0.200. The molecule has 0 aromatic heterocycles. The van der Waals surface area contributed by atoms with Crippen LogP contribution < -0.4 is 11.3 Å². The highest BCUT2D eigenvalue weighted by Crippen LogP contribution is 2.31. The van der Waals surface area contributed by atoms with E-state index in [0.717, 1.165) is 22.2 Å². The molecule has 1 atom stereocenters. The summed E-state index contributed by atoms with van der Waals surface area (Å²) in [6.45, 7) is 0. The number of nitrogens with one attached hydrogen (secondary N) is 1. The first kappa shape index (κ1) is 16.0. The fourth-order valence-corrected chi connectivity index (χ4v) is 2.54. The zero-order valence-corrected chi connectivity index (χ0v) is 12.6. The number of hydrazine groups is 1. The topological polar surface area (TPSA) is 38.0 Å². The first-order valence-corrected chi connectivity index (χ1v) is 7.08. The minimum Gasteiger partial charge on any atom is -0.271 e. The third-order valence-corrected chi connectivity index (χ3v) is 3.97. The molecule has 0 spiro atoms. The lowest BCUT2D eigenvalue weighted by Crippen LogP contribution is -2.29. The molecule has 0 bridgehead atoms. The van der Waals surface area contributed by atoms with E-state index in [-0.39, 0.29) is 0 Å². The van der Waals surface area contributed by atoms with Crippen LogP contribution in [0.2, 0.25) is 0 Å². The monoisotopic (exact) mass is 358 g/mol. The van der Waals surface area contributed by atoms with Crippen LogP contribution in [0.25, 0.3) is 0 Å². The van der Waals surface area contributed by atoms with Gasteiger partial charge in [-0.25, -0.2) is 0 Å². The number of hydrogen-bond acceptors (Lipinski definition) is 2. The third-order valence-electron chi connectivity index (χ3n) is 3.20. The lowest BCUT2D eigenvalue weighted by molar-refractivity contribution is -0.137. The largest absolute Gasteiger partial charge is 0.416 e. The van der Waals surface area contributed by atoms with Crippen LogP contribution in [0, 0.1) is 0 Å². The van der Waals surface area contributed by atoms with E-state index in [2.05, 4.69) is 21.4 Å². The highest BCUT2D eigenvalue weighted by Gasteiger charge is 2.30. The second kappa shape index (κ2) is 6.60. The Morgan fingerprint density at radius 1 is 1.10 bits per heavy atom. The summed E-state index contributed by atoms with van der Waals surface area (Å²) in [6, 6.07) is 12.3. The lowest BCUT2D eigenvalue weighted by atomic mass is 9.98. The van der Waals surface area contributed by atoms with Crippen molar-refractivity contribution in [3.05, 3.63) is 69.7 Å². The molecule has 6 heteroatoms. The van der Waals surface area contributed by atoms with E-state index in [1.165, 1.54) is 6.07 Å². The van der Waals surface area contributed by atoms with Crippen LogP contribution in [0.3, 0.4) is 0 Å². The highest BCUT2D eigenvalue weighted by molar-refractivity contribution is 9.10. The number of nitrogens with two attached hydrogens (primary N) is 1. The van der Waals surface area contributed by atoms with Gasteiger partial charge in [0.2, 0.25) is 0 Å². The molecule has 0 saturated carbocycles. The molecule has 3 N–H and O–H groups in total. The molecule has 2 nitrogen and oxygen atoms in total. The molecule has 0 radical (unpaired) electrons. The van der Waals surface area contributed by atoms with Crippen LogP contribution in [0.15, 0.2) is 53.0 Å². The van der Waals surface area contributed by atoms with Gasteiger partial charge in [0, 0.05) is 4.47 Å². The Morgan fingerprint density at radius 2 is 1.81 bits per heavy atom. The Balaban J connectivity index is 2.28. The molecule has 0 heterocycles. The molecule has 1 unspecified atom stereocenters. The number of halogens is 4. The molecular weight excluding hydrogens is 345 g/mol. The number of rotatable bonds is 4. The third kappa shape index (κ3) is 4.06. The van der Waals surface area contributed by atoms with Gasteiger partial charge in [-0.1, -0.05) is 46.3 Å². The minimum atomic E-state index is -4.36. The van der Waals surface area contributed by atoms with E-state index in [9.17, 15) is 13.2 Å². The predicted octanol–water partition coefficient (Wildman–Crippen LogP) is 4.22. The second-order valence-corrected chi connectivity index (χ2v) is 5.49. The Kier molecular flexibility index (Phi) is 5.03. The van der Waals surface area contributed by atoms with Gasteiger partial charge < -0.3 is 0 Å². The molecule has 0 amide bonds. The van der Waals surface area contributed by atoms with Crippen LogP contribution in [-0.2, 0) is 12.6 Å². The summed E-state index contributed by atoms with van der Waals surface area (Å²) in [4.78, 5) is 0. The van der Waals surface area contributed by atoms with E-state index in [1.54, 1.807) is 6.07 Å². The highest BCUT2D eigenvalue weighted by atomic mass is 79.9.